The largest absolute Gasteiger partial charge is 0.489 e. The molecule has 0 spiro atoms. The monoisotopic (exact) mass is 238 g/mol. The molecule has 1 aliphatic rings. The minimum atomic E-state index is -0.340. The first-order valence-corrected chi connectivity index (χ1v) is 6.00. The Labute approximate surface area is 103 Å². The number of allylic oxidation sites excluding steroid dienone is 2. The van der Waals surface area contributed by atoms with Gasteiger partial charge in [-0.1, -0.05) is 19.4 Å². The Balaban J connectivity index is 3.03. The normalized spacial score (nSPS) is 22.1. The summed E-state index contributed by atoms with van der Waals surface area (Å²) < 4.78 is 10.9. The first-order chi connectivity index (χ1) is 7.80. The van der Waals surface area contributed by atoms with Crippen molar-refractivity contribution in [2.45, 2.75) is 47.6 Å². The summed E-state index contributed by atoms with van der Waals surface area (Å²) in [7, 11) is 0. The zero-order valence-electron chi connectivity index (χ0n) is 11.6. The summed E-state index contributed by atoms with van der Waals surface area (Å²) in [5.74, 6) is 0.413. The van der Waals surface area contributed by atoms with E-state index in [1.807, 2.05) is 41.5 Å². The quantitative estimate of drug-likeness (QED) is 0.559. The lowest BCUT2D eigenvalue weighted by atomic mass is 9.79. The average molecular weight is 238 g/mol. The maximum absolute atomic E-state index is 11.9. The molecule has 0 saturated carbocycles. The van der Waals surface area contributed by atoms with Crippen LogP contribution in [0.4, 0.5) is 0 Å². The number of carbonyl (C=O) groups excluding carboxylic acids is 1. The van der Waals surface area contributed by atoms with E-state index in [4.69, 9.17) is 9.47 Å². The van der Waals surface area contributed by atoms with Crippen LogP contribution in [-0.4, -0.2) is 18.7 Å². The van der Waals surface area contributed by atoms with E-state index < -0.39 is 0 Å². The second-order valence-corrected chi connectivity index (χ2v) is 5.16. The predicted octanol–water partition coefficient (Wildman–Crippen LogP) is 3.21. The van der Waals surface area contributed by atoms with Crippen LogP contribution in [0.2, 0.25) is 0 Å². The van der Waals surface area contributed by atoms with Crippen molar-refractivity contribution in [1.29, 1.82) is 0 Å². The summed E-state index contributed by atoms with van der Waals surface area (Å²) in [5, 5.41) is 0. The maximum atomic E-state index is 11.9. The number of hydrogen-bond donors (Lipinski definition) is 0. The molecule has 1 unspecified atom stereocenters. The van der Waals surface area contributed by atoms with Gasteiger partial charge >= 0.3 is 5.97 Å². The van der Waals surface area contributed by atoms with Crippen LogP contribution in [0.1, 0.15) is 41.5 Å². The zero-order chi connectivity index (χ0) is 13.2. The highest BCUT2D eigenvalue weighted by atomic mass is 16.5. The van der Waals surface area contributed by atoms with Crippen LogP contribution in [0.15, 0.2) is 23.0 Å². The Morgan fingerprint density at radius 2 is 2.06 bits per heavy atom. The van der Waals surface area contributed by atoms with Crippen molar-refractivity contribution in [2.24, 2.45) is 5.41 Å². The van der Waals surface area contributed by atoms with E-state index in [1.54, 1.807) is 0 Å². The number of ether oxygens (including phenoxy) is 2. The van der Waals surface area contributed by atoms with Crippen molar-refractivity contribution in [2.75, 3.05) is 6.61 Å². The van der Waals surface area contributed by atoms with Crippen molar-refractivity contribution in [3.05, 3.63) is 23.0 Å². The number of carbonyl (C=O) groups is 1. The van der Waals surface area contributed by atoms with Gasteiger partial charge in [-0.3, -0.25) is 0 Å². The summed E-state index contributed by atoms with van der Waals surface area (Å²) in [6.45, 7) is 12.1. The first-order valence-electron chi connectivity index (χ1n) is 6.00. The molecule has 0 aromatic carbocycles. The van der Waals surface area contributed by atoms with Gasteiger partial charge in [-0.15, -0.1) is 0 Å². The molecule has 3 heteroatoms. The minimum Gasteiger partial charge on any atom is -0.489 e. The Morgan fingerprint density at radius 3 is 2.53 bits per heavy atom. The van der Waals surface area contributed by atoms with Crippen LogP contribution in [0, 0.1) is 5.41 Å². The van der Waals surface area contributed by atoms with Crippen molar-refractivity contribution >= 4 is 5.97 Å². The third-order valence-corrected chi connectivity index (χ3v) is 2.98. The number of rotatable bonds is 3. The lowest BCUT2D eigenvalue weighted by Gasteiger charge is -2.25. The molecule has 1 heterocycles. The predicted molar refractivity (Wildman–Crippen MR) is 67.4 cm³/mol. The molecule has 0 fully saturated rings. The first kappa shape index (κ1) is 13.8. The molecular weight excluding hydrogens is 216 g/mol. The lowest BCUT2D eigenvalue weighted by molar-refractivity contribution is -0.139. The van der Waals surface area contributed by atoms with E-state index >= 15 is 0 Å². The highest BCUT2D eigenvalue weighted by Crippen LogP contribution is 2.43. The van der Waals surface area contributed by atoms with E-state index in [0.717, 1.165) is 0 Å². The van der Waals surface area contributed by atoms with Gasteiger partial charge in [0.05, 0.1) is 12.2 Å². The molecule has 0 aromatic rings. The fourth-order valence-electron chi connectivity index (χ4n) is 2.15. The maximum Gasteiger partial charge on any atom is 0.338 e. The molecule has 0 bridgehead atoms. The highest BCUT2D eigenvalue weighted by Gasteiger charge is 2.45. The van der Waals surface area contributed by atoms with Crippen LogP contribution in [-0.2, 0) is 14.3 Å². The Bertz CT molecular complexity index is 371. The molecule has 0 N–H and O–H groups in total. The van der Waals surface area contributed by atoms with Gasteiger partial charge in [0.1, 0.15) is 11.9 Å². The molecule has 0 radical (unpaired) electrons. The molecule has 0 saturated heterocycles. The summed E-state index contributed by atoms with van der Waals surface area (Å²) in [5.41, 5.74) is 1.50. The molecule has 17 heavy (non-hydrogen) atoms. The molecular formula is C14H22O3. The van der Waals surface area contributed by atoms with Crippen molar-refractivity contribution in [3.63, 3.8) is 0 Å². The third-order valence-electron chi connectivity index (χ3n) is 2.98. The molecule has 0 aliphatic carbocycles. The van der Waals surface area contributed by atoms with E-state index in [1.165, 1.54) is 5.57 Å². The summed E-state index contributed by atoms with van der Waals surface area (Å²) in [4.78, 5) is 11.9. The van der Waals surface area contributed by atoms with Gasteiger partial charge in [0.15, 0.2) is 0 Å². The highest BCUT2D eigenvalue weighted by molar-refractivity contribution is 5.91. The van der Waals surface area contributed by atoms with Crippen LogP contribution in [0.5, 0.6) is 0 Å². The van der Waals surface area contributed by atoms with Gasteiger partial charge in [0.2, 0.25) is 0 Å². The van der Waals surface area contributed by atoms with Gasteiger partial charge < -0.3 is 9.47 Å². The second kappa shape index (κ2) is 4.94. The smallest absolute Gasteiger partial charge is 0.338 e. The molecule has 0 aromatic heterocycles. The van der Waals surface area contributed by atoms with Crippen LogP contribution < -0.4 is 0 Å². The van der Waals surface area contributed by atoms with Gasteiger partial charge in [-0.25, -0.2) is 4.79 Å². The third kappa shape index (κ3) is 2.71. The van der Waals surface area contributed by atoms with E-state index in [0.29, 0.717) is 17.9 Å². The van der Waals surface area contributed by atoms with Gasteiger partial charge in [0.25, 0.3) is 0 Å². The van der Waals surface area contributed by atoms with Crippen molar-refractivity contribution < 1.29 is 14.3 Å². The lowest BCUT2D eigenvalue weighted by Crippen LogP contribution is -2.30. The minimum absolute atomic E-state index is 0.0908. The van der Waals surface area contributed by atoms with Gasteiger partial charge in [-0.05, 0) is 33.8 Å². The average Bonchev–Trinajstić information content (AvgIpc) is 2.36. The molecule has 1 atom stereocenters. The molecule has 1 rings (SSSR count). The van der Waals surface area contributed by atoms with E-state index in [2.05, 4.69) is 6.08 Å². The van der Waals surface area contributed by atoms with Gasteiger partial charge in [-0.2, -0.15) is 0 Å². The van der Waals surface area contributed by atoms with Crippen LogP contribution in [0.3, 0.4) is 0 Å². The number of hydrogen-bond acceptors (Lipinski definition) is 3. The standard InChI is InChI=1S/C14H22O3/c1-7-16-13(15)12-10(4)17-11(8-9(2)3)14(12,5)6/h8,11H,7H2,1-6H3. The Kier molecular flexibility index (Phi) is 4.02. The SMILES string of the molecule is CCOC(=O)C1=C(C)OC(C=C(C)C)C1(C)C. The van der Waals surface area contributed by atoms with Crippen molar-refractivity contribution in [3.8, 4) is 0 Å². The molecule has 0 amide bonds. The fourth-order valence-corrected chi connectivity index (χ4v) is 2.15. The topological polar surface area (TPSA) is 35.5 Å². The van der Waals surface area contributed by atoms with E-state index in [-0.39, 0.29) is 17.5 Å². The Hall–Kier alpha value is -1.25. The fraction of sp³-hybridized carbons (Fsp3) is 0.643. The van der Waals surface area contributed by atoms with Crippen LogP contribution in [0.25, 0.3) is 0 Å². The van der Waals surface area contributed by atoms with Crippen LogP contribution >= 0.6 is 0 Å². The second-order valence-electron chi connectivity index (χ2n) is 5.16. The Morgan fingerprint density at radius 1 is 1.47 bits per heavy atom. The summed E-state index contributed by atoms with van der Waals surface area (Å²) in [6, 6.07) is 0. The van der Waals surface area contributed by atoms with Gasteiger partial charge in [0, 0.05) is 5.41 Å². The summed E-state index contributed by atoms with van der Waals surface area (Å²) in [6.07, 6.45) is 1.96. The van der Waals surface area contributed by atoms with Crippen molar-refractivity contribution in [1.82, 2.24) is 0 Å². The van der Waals surface area contributed by atoms with E-state index in [9.17, 15) is 4.79 Å². The molecule has 96 valence electrons. The molecule has 3 nitrogen and oxygen atoms in total. The number of esters is 1. The zero-order valence-corrected chi connectivity index (χ0v) is 11.6. The summed E-state index contributed by atoms with van der Waals surface area (Å²) >= 11 is 0. The molecule has 1 aliphatic heterocycles.